The Kier molecular flexibility index (Phi) is 3.81. The van der Waals surface area contributed by atoms with Gasteiger partial charge in [-0.1, -0.05) is 41.5 Å². The maximum atomic E-state index is 12.5. The van der Waals surface area contributed by atoms with Gasteiger partial charge in [0.1, 0.15) is 0 Å². The molecule has 2 rings (SSSR count). The second kappa shape index (κ2) is 5.19. The molecule has 0 atom stereocenters. The number of carbonyl (C=O) groups excluding carboxylic acids is 1. The minimum atomic E-state index is -0.411. The lowest BCUT2D eigenvalue weighted by molar-refractivity contribution is 0.101. The van der Waals surface area contributed by atoms with Crippen LogP contribution < -0.4 is 0 Å². The molecule has 6 nitrogen and oxygen atoms in total. The number of aromatic hydroxyl groups is 1. The van der Waals surface area contributed by atoms with E-state index >= 15 is 0 Å². The molecule has 2 aromatic rings. The van der Waals surface area contributed by atoms with Gasteiger partial charge in [-0.15, -0.1) is 0 Å². The van der Waals surface area contributed by atoms with Gasteiger partial charge in [0.15, 0.2) is 11.6 Å². The zero-order valence-corrected chi connectivity index (χ0v) is 13.9. The van der Waals surface area contributed by atoms with Crippen molar-refractivity contribution < 1.29 is 9.90 Å². The van der Waals surface area contributed by atoms with E-state index in [0.29, 0.717) is 11.4 Å². The molecule has 0 radical (unpaired) electrons. The number of aromatic amines is 1. The molecule has 0 fully saturated rings. The number of imidazole rings is 1. The van der Waals surface area contributed by atoms with Crippen LogP contribution in [0.25, 0.3) is 0 Å². The number of rotatable bonds is 2. The Morgan fingerprint density at radius 1 is 1.05 bits per heavy atom. The molecule has 6 heteroatoms. The first-order chi connectivity index (χ1) is 10.0. The first-order valence-corrected chi connectivity index (χ1v) is 7.18. The smallest absolute Gasteiger partial charge is 0.265 e. The highest BCUT2D eigenvalue weighted by Crippen LogP contribution is 2.36. The van der Waals surface area contributed by atoms with E-state index in [-0.39, 0.29) is 23.2 Å². The number of hydrogen-bond donors (Lipinski definition) is 2. The molecule has 0 amide bonds. The first kappa shape index (κ1) is 16.1. The summed E-state index contributed by atoms with van der Waals surface area (Å²) < 4.78 is 0. The molecule has 2 heterocycles. The average Bonchev–Trinajstić information content (AvgIpc) is 2.89. The summed E-state index contributed by atoms with van der Waals surface area (Å²) in [5, 5.41) is 10.5. The Bertz CT molecular complexity index is 657. The fourth-order valence-corrected chi connectivity index (χ4v) is 2.10. The van der Waals surface area contributed by atoms with Crippen molar-refractivity contribution in [1.29, 1.82) is 0 Å². The highest BCUT2D eigenvalue weighted by atomic mass is 16.3. The van der Waals surface area contributed by atoms with Gasteiger partial charge in [-0.25, -0.2) is 15.0 Å². The van der Waals surface area contributed by atoms with E-state index in [4.69, 9.17) is 0 Å². The van der Waals surface area contributed by atoms with Gasteiger partial charge >= 0.3 is 0 Å². The number of carbonyl (C=O) groups is 1. The van der Waals surface area contributed by atoms with Crippen LogP contribution in [0.3, 0.4) is 0 Å². The lowest BCUT2D eigenvalue weighted by atomic mass is 9.85. The molecule has 0 bridgehead atoms. The van der Waals surface area contributed by atoms with Crippen LogP contribution in [0.2, 0.25) is 0 Å². The van der Waals surface area contributed by atoms with Gasteiger partial charge in [-0.2, -0.15) is 0 Å². The van der Waals surface area contributed by atoms with Crippen molar-refractivity contribution in [3.05, 3.63) is 35.4 Å². The number of nitrogens with one attached hydrogen (secondary N) is 1. The van der Waals surface area contributed by atoms with Crippen molar-refractivity contribution in [2.45, 2.75) is 52.4 Å². The van der Waals surface area contributed by atoms with E-state index in [2.05, 4.69) is 19.9 Å². The van der Waals surface area contributed by atoms with Crippen LogP contribution in [0.5, 0.6) is 5.75 Å². The second-order valence-electron chi connectivity index (χ2n) is 7.36. The van der Waals surface area contributed by atoms with E-state index < -0.39 is 10.8 Å². The Morgan fingerprint density at radius 3 is 1.91 bits per heavy atom. The molecule has 0 saturated carbocycles. The van der Waals surface area contributed by atoms with Gasteiger partial charge in [0, 0.05) is 23.2 Å². The van der Waals surface area contributed by atoms with Crippen molar-refractivity contribution in [2.24, 2.45) is 0 Å². The molecule has 2 N–H and O–H groups in total. The van der Waals surface area contributed by atoms with Crippen molar-refractivity contribution in [3.8, 4) is 5.75 Å². The third kappa shape index (κ3) is 3.00. The largest absolute Gasteiger partial charge is 0.504 e. The second-order valence-corrected chi connectivity index (χ2v) is 7.36. The molecule has 118 valence electrons. The average molecular weight is 302 g/mol. The standard InChI is InChI=1S/C16H22N4O2/c1-15(2,3)11-9(21)12(16(4,5)6)20-14(19-11)10(22)13-17-7-8-18-13/h7-8,21H,1-6H3,(H,17,18). The zero-order chi connectivity index (χ0) is 16.7. The molecular formula is C16H22N4O2. The molecule has 2 aromatic heterocycles. The molecule has 0 saturated heterocycles. The molecular weight excluding hydrogens is 280 g/mol. The minimum absolute atomic E-state index is 0.0441. The van der Waals surface area contributed by atoms with Crippen LogP contribution in [-0.4, -0.2) is 30.8 Å². The summed E-state index contributed by atoms with van der Waals surface area (Å²) in [5.41, 5.74) is 0.0980. The van der Waals surface area contributed by atoms with Crippen LogP contribution in [-0.2, 0) is 10.8 Å². The summed E-state index contributed by atoms with van der Waals surface area (Å²) in [5.74, 6) is -0.106. The quantitative estimate of drug-likeness (QED) is 0.832. The van der Waals surface area contributed by atoms with Crippen LogP contribution in [0.4, 0.5) is 0 Å². The Hall–Kier alpha value is -2.24. The van der Waals surface area contributed by atoms with Crippen molar-refractivity contribution in [2.75, 3.05) is 0 Å². The van der Waals surface area contributed by atoms with E-state index in [1.807, 2.05) is 41.5 Å². The molecule has 0 aliphatic carbocycles. The number of ketones is 1. The zero-order valence-electron chi connectivity index (χ0n) is 13.9. The van der Waals surface area contributed by atoms with Gasteiger partial charge in [0.05, 0.1) is 11.4 Å². The van der Waals surface area contributed by atoms with Crippen molar-refractivity contribution in [3.63, 3.8) is 0 Å². The van der Waals surface area contributed by atoms with Gasteiger partial charge in [0.25, 0.3) is 5.78 Å². The Morgan fingerprint density at radius 2 is 1.55 bits per heavy atom. The highest BCUT2D eigenvalue weighted by Gasteiger charge is 2.31. The summed E-state index contributed by atoms with van der Waals surface area (Å²) in [6, 6.07) is 0. The summed E-state index contributed by atoms with van der Waals surface area (Å²) in [4.78, 5) is 27.8. The van der Waals surface area contributed by atoms with Gasteiger partial charge in [-0.05, 0) is 0 Å². The van der Waals surface area contributed by atoms with E-state index in [0.717, 1.165) is 0 Å². The lowest BCUT2D eigenvalue weighted by Gasteiger charge is -2.25. The molecule has 0 unspecified atom stereocenters. The number of hydrogen-bond acceptors (Lipinski definition) is 5. The van der Waals surface area contributed by atoms with Crippen molar-refractivity contribution in [1.82, 2.24) is 19.9 Å². The van der Waals surface area contributed by atoms with E-state index in [1.54, 1.807) is 6.20 Å². The summed E-state index contributed by atoms with van der Waals surface area (Å²) in [6.45, 7) is 11.6. The summed E-state index contributed by atoms with van der Waals surface area (Å²) in [6.07, 6.45) is 3.08. The van der Waals surface area contributed by atoms with Crippen LogP contribution in [0.1, 0.15) is 69.4 Å². The number of aromatic nitrogens is 4. The van der Waals surface area contributed by atoms with E-state index in [1.165, 1.54) is 6.20 Å². The summed E-state index contributed by atoms with van der Waals surface area (Å²) >= 11 is 0. The lowest BCUT2D eigenvalue weighted by Crippen LogP contribution is -2.24. The maximum Gasteiger partial charge on any atom is 0.265 e. The SMILES string of the molecule is CC(C)(C)c1nc(C(=O)c2ncc[nH]2)nc(C(C)(C)C)c1O. The van der Waals surface area contributed by atoms with Gasteiger partial charge in [0.2, 0.25) is 5.82 Å². The minimum Gasteiger partial charge on any atom is -0.504 e. The maximum absolute atomic E-state index is 12.5. The van der Waals surface area contributed by atoms with Crippen LogP contribution in [0.15, 0.2) is 12.4 Å². The molecule has 0 aliphatic rings. The summed E-state index contributed by atoms with van der Waals surface area (Å²) in [7, 11) is 0. The molecule has 0 aromatic carbocycles. The molecule has 22 heavy (non-hydrogen) atoms. The number of nitrogens with zero attached hydrogens (tertiary/aromatic N) is 3. The predicted molar refractivity (Wildman–Crippen MR) is 83.1 cm³/mol. The van der Waals surface area contributed by atoms with Crippen LogP contribution >= 0.6 is 0 Å². The van der Waals surface area contributed by atoms with Gasteiger partial charge < -0.3 is 10.1 Å². The third-order valence-corrected chi connectivity index (χ3v) is 3.22. The van der Waals surface area contributed by atoms with E-state index in [9.17, 15) is 9.90 Å². The normalized spacial score (nSPS) is 12.5. The monoisotopic (exact) mass is 302 g/mol. The van der Waals surface area contributed by atoms with Crippen LogP contribution in [0, 0.1) is 0 Å². The Labute approximate surface area is 130 Å². The number of H-pyrrole nitrogens is 1. The Balaban J connectivity index is 2.68. The molecule has 0 spiro atoms. The third-order valence-electron chi connectivity index (χ3n) is 3.22. The fourth-order valence-electron chi connectivity index (χ4n) is 2.10. The van der Waals surface area contributed by atoms with Gasteiger partial charge in [-0.3, -0.25) is 4.79 Å². The first-order valence-electron chi connectivity index (χ1n) is 7.18. The topological polar surface area (TPSA) is 91.8 Å². The van der Waals surface area contributed by atoms with Crippen molar-refractivity contribution >= 4 is 5.78 Å². The fraction of sp³-hybridized carbons (Fsp3) is 0.500. The highest BCUT2D eigenvalue weighted by molar-refractivity contribution is 6.03. The molecule has 0 aliphatic heterocycles. The predicted octanol–water partition coefficient (Wildman–Crippen LogP) is 2.73.